The molecule has 1 fully saturated rings. The zero-order valence-corrected chi connectivity index (χ0v) is 19.1. The molecular formula is C25H26F3N5O. The van der Waals surface area contributed by atoms with Gasteiger partial charge < -0.3 is 10.2 Å². The summed E-state index contributed by atoms with van der Waals surface area (Å²) in [6.45, 7) is 5.88. The van der Waals surface area contributed by atoms with E-state index in [1.807, 2.05) is 44.2 Å². The fraction of sp³-hybridized carbons (Fsp3) is 0.360. The first-order chi connectivity index (χ1) is 16.3. The van der Waals surface area contributed by atoms with Crippen LogP contribution in [0.3, 0.4) is 0 Å². The second kappa shape index (κ2) is 9.79. The first-order valence-electron chi connectivity index (χ1n) is 11.2. The van der Waals surface area contributed by atoms with Crippen molar-refractivity contribution in [1.29, 1.82) is 0 Å². The Bertz CT molecular complexity index is 1160. The number of anilines is 1. The number of nitrogens with one attached hydrogen (secondary N) is 1. The topological polar surface area (TPSA) is 71.0 Å². The molecule has 0 aliphatic carbocycles. The lowest BCUT2D eigenvalue weighted by Gasteiger charge is -2.33. The Labute approximate surface area is 196 Å². The van der Waals surface area contributed by atoms with Gasteiger partial charge in [-0.15, -0.1) is 10.2 Å². The average molecular weight is 470 g/mol. The molecule has 1 aliphatic rings. The predicted molar refractivity (Wildman–Crippen MR) is 123 cm³/mol. The zero-order valence-electron chi connectivity index (χ0n) is 19.1. The van der Waals surface area contributed by atoms with Crippen LogP contribution in [0.5, 0.6) is 0 Å². The maximum absolute atomic E-state index is 13.1. The van der Waals surface area contributed by atoms with Crippen molar-refractivity contribution in [2.45, 2.75) is 32.9 Å². The molecule has 0 spiro atoms. The van der Waals surface area contributed by atoms with Crippen molar-refractivity contribution in [3.8, 4) is 11.3 Å². The van der Waals surface area contributed by atoms with Gasteiger partial charge in [0.05, 0.1) is 11.3 Å². The van der Waals surface area contributed by atoms with Crippen molar-refractivity contribution < 1.29 is 18.0 Å². The summed E-state index contributed by atoms with van der Waals surface area (Å²) in [5.74, 6) is 0.269. The molecule has 9 heteroatoms. The van der Waals surface area contributed by atoms with Crippen LogP contribution in [0.1, 0.15) is 40.0 Å². The molecule has 1 N–H and O–H groups in total. The fourth-order valence-electron chi connectivity index (χ4n) is 4.26. The number of hydrogen-bond acceptors (Lipinski definition) is 5. The van der Waals surface area contributed by atoms with Gasteiger partial charge in [-0.25, -0.2) is 0 Å². The second-order valence-electron chi connectivity index (χ2n) is 8.53. The molecule has 3 heterocycles. The molecule has 0 atom stereocenters. The minimum Gasteiger partial charge on any atom is -0.355 e. The fourth-order valence-corrected chi connectivity index (χ4v) is 4.26. The normalized spacial score (nSPS) is 14.8. The van der Waals surface area contributed by atoms with Crippen LogP contribution in [-0.4, -0.2) is 40.7 Å². The van der Waals surface area contributed by atoms with Gasteiger partial charge in [0.1, 0.15) is 0 Å². The van der Waals surface area contributed by atoms with E-state index in [1.54, 1.807) is 0 Å². The van der Waals surface area contributed by atoms with Crippen LogP contribution in [0.2, 0.25) is 0 Å². The van der Waals surface area contributed by atoms with Crippen LogP contribution in [0, 0.1) is 19.8 Å². The van der Waals surface area contributed by atoms with Gasteiger partial charge in [-0.1, -0.05) is 30.3 Å². The number of alkyl halides is 3. The van der Waals surface area contributed by atoms with Crippen molar-refractivity contribution in [2.75, 3.05) is 24.5 Å². The number of nitrogens with zero attached hydrogens (tertiary/aromatic N) is 4. The highest BCUT2D eigenvalue weighted by atomic mass is 19.4. The maximum Gasteiger partial charge on any atom is 0.434 e. The molecule has 3 aromatic rings. The molecule has 1 amide bonds. The van der Waals surface area contributed by atoms with Gasteiger partial charge in [0.25, 0.3) is 5.91 Å². The van der Waals surface area contributed by atoms with Crippen LogP contribution in [0.25, 0.3) is 11.3 Å². The second-order valence-corrected chi connectivity index (χ2v) is 8.53. The first kappa shape index (κ1) is 23.7. The summed E-state index contributed by atoms with van der Waals surface area (Å²) in [4.78, 5) is 17.9. The van der Waals surface area contributed by atoms with E-state index in [4.69, 9.17) is 0 Å². The van der Waals surface area contributed by atoms with E-state index < -0.39 is 23.3 Å². The number of rotatable bonds is 5. The van der Waals surface area contributed by atoms with Gasteiger partial charge in [0, 0.05) is 31.4 Å². The molecule has 0 unspecified atom stereocenters. The number of piperidine rings is 1. The third-order valence-corrected chi connectivity index (χ3v) is 6.33. The Morgan fingerprint density at radius 1 is 1.03 bits per heavy atom. The van der Waals surface area contributed by atoms with Gasteiger partial charge in [-0.05, 0) is 55.9 Å². The summed E-state index contributed by atoms with van der Waals surface area (Å²) in [7, 11) is 0. The molecule has 178 valence electrons. The number of halogens is 3. The molecular weight excluding hydrogens is 443 g/mol. The number of carbonyl (C=O) groups is 1. The summed E-state index contributed by atoms with van der Waals surface area (Å²) in [6, 6.07) is 12.4. The summed E-state index contributed by atoms with van der Waals surface area (Å²) in [5.41, 5.74) is 2.45. The Kier molecular flexibility index (Phi) is 6.81. The van der Waals surface area contributed by atoms with Gasteiger partial charge in [-0.2, -0.15) is 13.2 Å². The van der Waals surface area contributed by atoms with E-state index >= 15 is 0 Å². The van der Waals surface area contributed by atoms with Gasteiger partial charge in [-0.3, -0.25) is 9.78 Å². The zero-order chi connectivity index (χ0) is 24.3. The monoisotopic (exact) mass is 469 g/mol. The first-order valence-corrected chi connectivity index (χ1v) is 11.2. The highest BCUT2D eigenvalue weighted by Crippen LogP contribution is 2.31. The molecule has 4 rings (SSSR count). The quantitative estimate of drug-likeness (QED) is 0.580. The average Bonchev–Trinajstić information content (AvgIpc) is 2.84. The molecule has 34 heavy (non-hydrogen) atoms. The molecule has 1 aromatic carbocycles. The van der Waals surface area contributed by atoms with Crippen LogP contribution >= 0.6 is 0 Å². The van der Waals surface area contributed by atoms with E-state index in [0.29, 0.717) is 6.54 Å². The van der Waals surface area contributed by atoms with Crippen molar-refractivity contribution in [2.24, 2.45) is 5.92 Å². The highest BCUT2D eigenvalue weighted by molar-refractivity contribution is 5.95. The van der Waals surface area contributed by atoms with Gasteiger partial charge in [0.2, 0.25) is 0 Å². The van der Waals surface area contributed by atoms with Crippen LogP contribution in [-0.2, 0) is 6.18 Å². The van der Waals surface area contributed by atoms with Gasteiger partial charge in [0.15, 0.2) is 11.5 Å². The third-order valence-electron chi connectivity index (χ3n) is 6.33. The molecule has 6 nitrogen and oxygen atoms in total. The Balaban J connectivity index is 1.36. The van der Waals surface area contributed by atoms with Crippen molar-refractivity contribution in [3.63, 3.8) is 0 Å². The lowest BCUT2D eigenvalue weighted by Crippen LogP contribution is -2.39. The molecule has 0 radical (unpaired) electrons. The smallest absolute Gasteiger partial charge is 0.355 e. The number of aromatic nitrogens is 3. The number of hydrogen-bond donors (Lipinski definition) is 1. The largest absolute Gasteiger partial charge is 0.434 e. The van der Waals surface area contributed by atoms with E-state index in [2.05, 4.69) is 25.4 Å². The van der Waals surface area contributed by atoms with Gasteiger partial charge >= 0.3 is 6.18 Å². The summed E-state index contributed by atoms with van der Waals surface area (Å²) in [6.07, 6.45) is -2.05. The van der Waals surface area contributed by atoms with E-state index in [-0.39, 0.29) is 5.92 Å². The van der Waals surface area contributed by atoms with E-state index in [1.165, 1.54) is 6.07 Å². The molecule has 2 aromatic heterocycles. The molecule has 1 aliphatic heterocycles. The minimum atomic E-state index is -4.67. The third kappa shape index (κ3) is 5.03. The molecule has 0 bridgehead atoms. The maximum atomic E-state index is 13.1. The van der Waals surface area contributed by atoms with Crippen LogP contribution in [0.15, 0.2) is 48.7 Å². The number of benzene rings is 1. The Morgan fingerprint density at radius 2 is 1.74 bits per heavy atom. The van der Waals surface area contributed by atoms with Crippen molar-refractivity contribution in [1.82, 2.24) is 20.5 Å². The predicted octanol–water partition coefficient (Wildman–Crippen LogP) is 4.82. The lowest BCUT2D eigenvalue weighted by atomic mass is 9.96. The van der Waals surface area contributed by atoms with E-state index in [9.17, 15) is 18.0 Å². The van der Waals surface area contributed by atoms with Crippen molar-refractivity contribution in [3.05, 3.63) is 71.0 Å². The molecule has 1 saturated heterocycles. The van der Waals surface area contributed by atoms with Crippen LogP contribution < -0.4 is 10.2 Å². The van der Waals surface area contributed by atoms with E-state index in [0.717, 1.165) is 66.4 Å². The minimum absolute atomic E-state index is 0.171. The van der Waals surface area contributed by atoms with Crippen LogP contribution in [0.4, 0.5) is 19.0 Å². The Hall–Kier alpha value is -3.49. The number of amides is 1. The number of carbonyl (C=O) groups excluding carboxylic acids is 1. The summed E-state index contributed by atoms with van der Waals surface area (Å²) >= 11 is 0. The van der Waals surface area contributed by atoms with Crippen molar-refractivity contribution >= 4 is 11.7 Å². The standard InChI is InChI=1S/C25H26F3N5O/c1-16-17(2)23(32-31-21(16)19-7-4-3-5-8-19)33-13-10-18(11-14-33)15-30-24(34)20-9-6-12-29-22(20)25(26,27)28/h3-9,12,18H,10-11,13-15H2,1-2H3,(H,30,34). The lowest BCUT2D eigenvalue weighted by molar-refractivity contribution is -0.141. The molecule has 0 saturated carbocycles. The highest BCUT2D eigenvalue weighted by Gasteiger charge is 2.37. The number of pyridine rings is 1. The SMILES string of the molecule is Cc1c(-c2ccccc2)nnc(N2CCC(CNC(=O)c3cccnc3C(F)(F)F)CC2)c1C. The Morgan fingerprint density at radius 3 is 2.41 bits per heavy atom. The summed E-state index contributed by atoms with van der Waals surface area (Å²) < 4.78 is 39.4. The summed E-state index contributed by atoms with van der Waals surface area (Å²) in [5, 5.41) is 11.6.